The van der Waals surface area contributed by atoms with Crippen LogP contribution in [0, 0.1) is 13.8 Å². The van der Waals surface area contributed by atoms with E-state index in [1.165, 1.54) is 5.56 Å². The Hall–Kier alpha value is -2.50. The number of carbonyl (C=O) groups is 1. The standard InChI is InChI=1S/C22H23Cl2N3O2/c1-15-8-10-17(11-9-15)14-27-21(24)20(16(2)25-27)22(28)26(3)12-13-29-19-7-5-4-6-18(19)23/h4-11H,12-14H2,1-3H3. The zero-order valence-corrected chi connectivity index (χ0v) is 18.2. The molecule has 0 fully saturated rings. The molecule has 7 heteroatoms. The van der Waals surface area contributed by atoms with Crippen LogP contribution in [0.4, 0.5) is 0 Å². The van der Waals surface area contributed by atoms with E-state index in [1.807, 2.05) is 43.3 Å². The molecule has 0 unspecified atom stereocenters. The van der Waals surface area contributed by atoms with Crippen LogP contribution in [0.2, 0.25) is 10.2 Å². The topological polar surface area (TPSA) is 47.4 Å². The quantitative estimate of drug-likeness (QED) is 0.528. The van der Waals surface area contributed by atoms with Gasteiger partial charge in [-0.2, -0.15) is 5.10 Å². The van der Waals surface area contributed by atoms with Crippen molar-refractivity contribution in [2.45, 2.75) is 20.4 Å². The number of halogens is 2. The highest BCUT2D eigenvalue weighted by Crippen LogP contribution is 2.24. The van der Waals surface area contributed by atoms with Crippen molar-refractivity contribution in [3.63, 3.8) is 0 Å². The molecule has 3 rings (SSSR count). The van der Waals surface area contributed by atoms with Crippen LogP contribution in [-0.2, 0) is 6.54 Å². The Morgan fingerprint density at radius 3 is 2.48 bits per heavy atom. The summed E-state index contributed by atoms with van der Waals surface area (Å²) in [5.41, 5.74) is 3.28. The van der Waals surface area contributed by atoms with Crippen LogP contribution in [-0.4, -0.2) is 40.8 Å². The van der Waals surface area contributed by atoms with Crippen molar-refractivity contribution in [2.75, 3.05) is 20.2 Å². The van der Waals surface area contributed by atoms with Gasteiger partial charge in [-0.25, -0.2) is 4.68 Å². The van der Waals surface area contributed by atoms with Crippen LogP contribution in [0.25, 0.3) is 0 Å². The molecule has 0 saturated heterocycles. The number of hydrogen-bond acceptors (Lipinski definition) is 3. The van der Waals surface area contributed by atoms with Gasteiger partial charge >= 0.3 is 0 Å². The highest BCUT2D eigenvalue weighted by atomic mass is 35.5. The van der Waals surface area contributed by atoms with Gasteiger partial charge in [0.1, 0.15) is 17.5 Å². The van der Waals surface area contributed by atoms with E-state index in [9.17, 15) is 4.79 Å². The zero-order chi connectivity index (χ0) is 21.0. The predicted molar refractivity (Wildman–Crippen MR) is 116 cm³/mol. The van der Waals surface area contributed by atoms with Gasteiger partial charge in [0.25, 0.3) is 5.91 Å². The summed E-state index contributed by atoms with van der Waals surface area (Å²) >= 11 is 12.6. The maximum absolute atomic E-state index is 12.9. The number of rotatable bonds is 7. The number of para-hydroxylation sites is 1. The van der Waals surface area contributed by atoms with E-state index in [2.05, 4.69) is 5.10 Å². The van der Waals surface area contributed by atoms with Gasteiger partial charge < -0.3 is 9.64 Å². The second-order valence-electron chi connectivity index (χ2n) is 6.90. The Kier molecular flexibility index (Phi) is 6.83. The summed E-state index contributed by atoms with van der Waals surface area (Å²) in [4.78, 5) is 14.5. The highest BCUT2D eigenvalue weighted by molar-refractivity contribution is 6.33. The molecule has 0 atom stereocenters. The molecule has 152 valence electrons. The highest BCUT2D eigenvalue weighted by Gasteiger charge is 2.23. The minimum atomic E-state index is -0.189. The van der Waals surface area contributed by atoms with Gasteiger partial charge in [-0.3, -0.25) is 4.79 Å². The lowest BCUT2D eigenvalue weighted by Crippen LogP contribution is -2.31. The third kappa shape index (κ3) is 5.11. The fourth-order valence-corrected chi connectivity index (χ4v) is 3.42. The maximum atomic E-state index is 12.9. The lowest BCUT2D eigenvalue weighted by molar-refractivity contribution is 0.0773. The fraction of sp³-hybridized carbons (Fsp3) is 0.273. The summed E-state index contributed by atoms with van der Waals surface area (Å²) in [5, 5.41) is 5.34. The molecule has 0 radical (unpaired) electrons. The van der Waals surface area contributed by atoms with Crippen molar-refractivity contribution in [3.8, 4) is 5.75 Å². The summed E-state index contributed by atoms with van der Waals surface area (Å²) in [6.45, 7) is 5.05. The number of likely N-dealkylation sites (N-methyl/N-ethyl adjacent to an activating group) is 1. The van der Waals surface area contributed by atoms with Crippen molar-refractivity contribution in [1.29, 1.82) is 0 Å². The van der Waals surface area contributed by atoms with Gasteiger partial charge in [0, 0.05) is 7.05 Å². The van der Waals surface area contributed by atoms with E-state index in [-0.39, 0.29) is 5.91 Å². The molecule has 0 N–H and O–H groups in total. The number of hydrogen-bond donors (Lipinski definition) is 0. The second-order valence-corrected chi connectivity index (χ2v) is 7.67. The largest absolute Gasteiger partial charge is 0.490 e. The van der Waals surface area contributed by atoms with Crippen molar-refractivity contribution >= 4 is 29.1 Å². The zero-order valence-electron chi connectivity index (χ0n) is 16.7. The van der Waals surface area contributed by atoms with Gasteiger partial charge in [-0.05, 0) is 31.5 Å². The lowest BCUT2D eigenvalue weighted by atomic mass is 10.1. The number of aryl methyl sites for hydroxylation is 2. The van der Waals surface area contributed by atoms with E-state index >= 15 is 0 Å². The molecule has 1 amide bonds. The first-order valence-corrected chi connectivity index (χ1v) is 10.0. The van der Waals surface area contributed by atoms with Crippen LogP contribution in [0.3, 0.4) is 0 Å². The van der Waals surface area contributed by atoms with Crippen molar-refractivity contribution in [2.24, 2.45) is 0 Å². The van der Waals surface area contributed by atoms with E-state index in [4.69, 9.17) is 27.9 Å². The molecule has 0 spiro atoms. The minimum Gasteiger partial charge on any atom is -0.490 e. The third-order valence-electron chi connectivity index (χ3n) is 4.60. The van der Waals surface area contributed by atoms with Crippen molar-refractivity contribution < 1.29 is 9.53 Å². The Morgan fingerprint density at radius 1 is 1.10 bits per heavy atom. The summed E-state index contributed by atoms with van der Waals surface area (Å²) in [5.74, 6) is 0.403. The summed E-state index contributed by atoms with van der Waals surface area (Å²) in [7, 11) is 1.71. The van der Waals surface area contributed by atoms with Gasteiger partial charge in [0.15, 0.2) is 0 Å². The number of nitrogens with zero attached hydrogens (tertiary/aromatic N) is 3. The molecule has 0 aliphatic rings. The smallest absolute Gasteiger partial charge is 0.258 e. The van der Waals surface area contributed by atoms with Crippen LogP contribution in [0.15, 0.2) is 48.5 Å². The molecule has 29 heavy (non-hydrogen) atoms. The molecule has 3 aromatic rings. The first kappa shape index (κ1) is 21.2. The van der Waals surface area contributed by atoms with Crippen LogP contribution in [0.1, 0.15) is 27.2 Å². The van der Waals surface area contributed by atoms with Crippen molar-refractivity contribution in [3.05, 3.63) is 81.1 Å². The van der Waals surface area contributed by atoms with Gasteiger partial charge in [-0.1, -0.05) is 65.2 Å². The Balaban J connectivity index is 1.66. The summed E-state index contributed by atoms with van der Waals surface area (Å²) in [6, 6.07) is 15.4. The Labute approximate surface area is 180 Å². The maximum Gasteiger partial charge on any atom is 0.258 e. The Bertz CT molecular complexity index is 1000. The lowest BCUT2D eigenvalue weighted by Gasteiger charge is -2.18. The van der Waals surface area contributed by atoms with E-state index in [0.717, 1.165) is 5.56 Å². The number of ether oxygens (including phenoxy) is 1. The van der Waals surface area contributed by atoms with Gasteiger partial charge in [0.05, 0.1) is 29.4 Å². The van der Waals surface area contributed by atoms with Crippen LogP contribution < -0.4 is 4.74 Å². The third-order valence-corrected chi connectivity index (χ3v) is 5.30. The predicted octanol–water partition coefficient (Wildman–Crippen LogP) is 5.01. The monoisotopic (exact) mass is 431 g/mol. The molecule has 0 aliphatic heterocycles. The number of aromatic nitrogens is 2. The van der Waals surface area contributed by atoms with Gasteiger partial charge in [0.2, 0.25) is 0 Å². The number of benzene rings is 2. The molecule has 0 bridgehead atoms. The molecule has 1 aromatic heterocycles. The summed E-state index contributed by atoms with van der Waals surface area (Å²) in [6.07, 6.45) is 0. The average molecular weight is 432 g/mol. The average Bonchev–Trinajstić information content (AvgIpc) is 2.97. The fourth-order valence-electron chi connectivity index (χ4n) is 2.91. The molecule has 2 aromatic carbocycles. The van der Waals surface area contributed by atoms with Gasteiger partial charge in [-0.15, -0.1) is 0 Å². The number of amides is 1. The second kappa shape index (κ2) is 9.33. The number of carbonyl (C=O) groups excluding carboxylic acids is 1. The SMILES string of the molecule is Cc1ccc(Cn2nc(C)c(C(=O)N(C)CCOc3ccccc3Cl)c2Cl)cc1. The molecular weight excluding hydrogens is 409 g/mol. The normalized spacial score (nSPS) is 10.8. The first-order valence-electron chi connectivity index (χ1n) is 9.28. The van der Waals surface area contributed by atoms with E-state index in [0.29, 0.717) is 46.9 Å². The van der Waals surface area contributed by atoms with E-state index < -0.39 is 0 Å². The van der Waals surface area contributed by atoms with E-state index in [1.54, 1.807) is 35.7 Å². The molecular formula is C22H23Cl2N3O2. The molecule has 0 saturated carbocycles. The summed E-state index contributed by atoms with van der Waals surface area (Å²) < 4.78 is 7.32. The molecule has 1 heterocycles. The minimum absolute atomic E-state index is 0.189. The van der Waals surface area contributed by atoms with Crippen molar-refractivity contribution in [1.82, 2.24) is 14.7 Å². The van der Waals surface area contributed by atoms with Crippen LogP contribution >= 0.6 is 23.2 Å². The first-order chi connectivity index (χ1) is 13.9. The van der Waals surface area contributed by atoms with Crippen LogP contribution in [0.5, 0.6) is 5.75 Å². The molecule has 5 nitrogen and oxygen atoms in total. The Morgan fingerprint density at radius 2 is 1.79 bits per heavy atom. The molecule has 0 aliphatic carbocycles.